The molecule has 0 fully saturated rings. The third-order valence-electron chi connectivity index (χ3n) is 1.60. The molecule has 0 rings (SSSR count). The van der Waals surface area contributed by atoms with Crippen molar-refractivity contribution in [3.8, 4) is 0 Å². The van der Waals surface area contributed by atoms with Crippen molar-refractivity contribution < 1.29 is 0 Å². The molecule has 0 radical (unpaired) electrons. The molecule has 1 atom stereocenters. The third-order valence-corrected chi connectivity index (χ3v) is 1.60. The molecule has 0 aliphatic carbocycles. The SMILES string of the molecule is C=CC(C)CC(C)=CCC. The molecule has 0 heterocycles. The molecular formula is C10H18. The van der Waals surface area contributed by atoms with Gasteiger partial charge >= 0.3 is 0 Å². The lowest BCUT2D eigenvalue weighted by atomic mass is 10.0. The van der Waals surface area contributed by atoms with Crippen LogP contribution >= 0.6 is 0 Å². The van der Waals surface area contributed by atoms with E-state index in [0.717, 1.165) is 12.8 Å². The van der Waals surface area contributed by atoms with Gasteiger partial charge in [-0.15, -0.1) is 6.58 Å². The number of hydrogen-bond donors (Lipinski definition) is 0. The van der Waals surface area contributed by atoms with E-state index >= 15 is 0 Å². The van der Waals surface area contributed by atoms with Gasteiger partial charge in [0.25, 0.3) is 0 Å². The summed E-state index contributed by atoms with van der Waals surface area (Å²) in [5.74, 6) is 0.628. The molecule has 0 N–H and O–H groups in total. The van der Waals surface area contributed by atoms with Crippen LogP contribution in [-0.2, 0) is 0 Å². The van der Waals surface area contributed by atoms with E-state index in [-0.39, 0.29) is 0 Å². The Bertz CT molecular complexity index is 120. The molecular weight excluding hydrogens is 120 g/mol. The van der Waals surface area contributed by atoms with Crippen molar-refractivity contribution in [2.75, 3.05) is 0 Å². The lowest BCUT2D eigenvalue weighted by Gasteiger charge is -2.04. The van der Waals surface area contributed by atoms with Crippen LogP contribution in [0, 0.1) is 5.92 Å². The van der Waals surface area contributed by atoms with E-state index in [4.69, 9.17) is 0 Å². The summed E-state index contributed by atoms with van der Waals surface area (Å²) in [4.78, 5) is 0. The van der Waals surface area contributed by atoms with Gasteiger partial charge < -0.3 is 0 Å². The van der Waals surface area contributed by atoms with Crippen LogP contribution in [0.4, 0.5) is 0 Å². The Morgan fingerprint density at radius 2 is 2.20 bits per heavy atom. The molecule has 0 aromatic carbocycles. The van der Waals surface area contributed by atoms with Crippen LogP contribution in [0.1, 0.15) is 33.6 Å². The number of hydrogen-bond acceptors (Lipinski definition) is 0. The maximum absolute atomic E-state index is 3.75. The van der Waals surface area contributed by atoms with Gasteiger partial charge in [0.15, 0.2) is 0 Å². The van der Waals surface area contributed by atoms with Gasteiger partial charge in [0.2, 0.25) is 0 Å². The highest BCUT2D eigenvalue weighted by molar-refractivity contribution is 5.00. The average Bonchev–Trinajstić information content (AvgIpc) is 1.88. The fourth-order valence-electron chi connectivity index (χ4n) is 1.02. The summed E-state index contributed by atoms with van der Waals surface area (Å²) >= 11 is 0. The van der Waals surface area contributed by atoms with Gasteiger partial charge in [-0.3, -0.25) is 0 Å². The predicted molar refractivity (Wildman–Crippen MR) is 48.0 cm³/mol. The van der Waals surface area contributed by atoms with Crippen LogP contribution in [0.3, 0.4) is 0 Å². The molecule has 58 valence electrons. The van der Waals surface area contributed by atoms with Gasteiger partial charge in [-0.05, 0) is 25.7 Å². The Balaban J connectivity index is 3.66. The first-order valence-corrected chi connectivity index (χ1v) is 3.98. The van der Waals surface area contributed by atoms with Crippen molar-refractivity contribution >= 4 is 0 Å². The van der Waals surface area contributed by atoms with Gasteiger partial charge in [0.1, 0.15) is 0 Å². The fourth-order valence-corrected chi connectivity index (χ4v) is 1.02. The van der Waals surface area contributed by atoms with Crippen molar-refractivity contribution in [3.05, 3.63) is 24.3 Å². The maximum atomic E-state index is 3.75. The molecule has 0 bridgehead atoms. The van der Waals surface area contributed by atoms with E-state index in [1.165, 1.54) is 5.57 Å². The summed E-state index contributed by atoms with van der Waals surface area (Å²) in [6.07, 6.45) is 6.60. The van der Waals surface area contributed by atoms with Crippen molar-refractivity contribution in [1.82, 2.24) is 0 Å². The molecule has 1 unspecified atom stereocenters. The monoisotopic (exact) mass is 138 g/mol. The lowest BCUT2D eigenvalue weighted by Crippen LogP contribution is -1.89. The van der Waals surface area contributed by atoms with E-state index < -0.39 is 0 Å². The second-order valence-electron chi connectivity index (χ2n) is 2.88. The van der Waals surface area contributed by atoms with Gasteiger partial charge in [0.05, 0.1) is 0 Å². The van der Waals surface area contributed by atoms with Gasteiger partial charge in [-0.2, -0.15) is 0 Å². The second-order valence-corrected chi connectivity index (χ2v) is 2.88. The van der Waals surface area contributed by atoms with Crippen molar-refractivity contribution in [2.24, 2.45) is 5.92 Å². The summed E-state index contributed by atoms with van der Waals surface area (Å²) in [5.41, 5.74) is 1.48. The zero-order chi connectivity index (χ0) is 7.98. The van der Waals surface area contributed by atoms with Crippen LogP contribution in [0.25, 0.3) is 0 Å². The molecule has 0 nitrogen and oxygen atoms in total. The normalized spacial score (nSPS) is 14.9. The highest BCUT2D eigenvalue weighted by Crippen LogP contribution is 2.11. The summed E-state index contributed by atoms with van der Waals surface area (Å²) < 4.78 is 0. The smallest absolute Gasteiger partial charge is 0.0227 e. The first-order valence-electron chi connectivity index (χ1n) is 3.98. The van der Waals surface area contributed by atoms with E-state index in [9.17, 15) is 0 Å². The first kappa shape index (κ1) is 9.48. The molecule has 0 amide bonds. The van der Waals surface area contributed by atoms with E-state index in [2.05, 4.69) is 33.4 Å². The van der Waals surface area contributed by atoms with Crippen LogP contribution in [0.15, 0.2) is 24.3 Å². The molecule has 0 heteroatoms. The number of rotatable bonds is 4. The summed E-state index contributed by atoms with van der Waals surface area (Å²) in [6.45, 7) is 10.3. The molecule has 0 spiro atoms. The maximum Gasteiger partial charge on any atom is -0.0227 e. The summed E-state index contributed by atoms with van der Waals surface area (Å²) in [7, 11) is 0. The average molecular weight is 138 g/mol. The second kappa shape index (κ2) is 5.28. The van der Waals surface area contributed by atoms with Crippen LogP contribution in [0.5, 0.6) is 0 Å². The van der Waals surface area contributed by atoms with Crippen LogP contribution in [-0.4, -0.2) is 0 Å². The topological polar surface area (TPSA) is 0 Å². The summed E-state index contributed by atoms with van der Waals surface area (Å²) in [5, 5.41) is 0. The van der Waals surface area contributed by atoms with Crippen LogP contribution in [0.2, 0.25) is 0 Å². The molecule has 0 saturated carbocycles. The molecule has 0 aromatic rings. The minimum atomic E-state index is 0.628. The first-order chi connectivity index (χ1) is 4.70. The quantitative estimate of drug-likeness (QED) is 0.521. The Kier molecular flexibility index (Phi) is 5.00. The third kappa shape index (κ3) is 4.37. The Labute approximate surface area is 64.6 Å². The largest absolute Gasteiger partial charge is 0.103 e. The zero-order valence-electron chi connectivity index (χ0n) is 7.35. The van der Waals surface area contributed by atoms with Crippen molar-refractivity contribution in [3.63, 3.8) is 0 Å². The molecule has 0 aromatic heterocycles. The fraction of sp³-hybridized carbons (Fsp3) is 0.600. The lowest BCUT2D eigenvalue weighted by molar-refractivity contribution is 0.715. The molecule has 0 aliphatic rings. The minimum absolute atomic E-state index is 0.628. The highest BCUT2D eigenvalue weighted by atomic mass is 14.0. The Morgan fingerprint density at radius 1 is 1.60 bits per heavy atom. The minimum Gasteiger partial charge on any atom is -0.103 e. The zero-order valence-corrected chi connectivity index (χ0v) is 7.35. The summed E-state index contributed by atoms with van der Waals surface area (Å²) in [6, 6.07) is 0. The highest BCUT2D eigenvalue weighted by Gasteiger charge is 1.95. The van der Waals surface area contributed by atoms with Crippen molar-refractivity contribution in [1.29, 1.82) is 0 Å². The van der Waals surface area contributed by atoms with E-state index in [1.54, 1.807) is 0 Å². The standard InChI is InChI=1S/C10H18/c1-5-7-10(4)8-9(3)6-2/h6-7,9H,2,5,8H2,1,3-4H3. The Morgan fingerprint density at radius 3 is 2.60 bits per heavy atom. The van der Waals surface area contributed by atoms with Gasteiger partial charge in [0, 0.05) is 0 Å². The van der Waals surface area contributed by atoms with E-state index in [0.29, 0.717) is 5.92 Å². The van der Waals surface area contributed by atoms with E-state index in [1.807, 2.05) is 6.08 Å². The van der Waals surface area contributed by atoms with Crippen molar-refractivity contribution in [2.45, 2.75) is 33.6 Å². The van der Waals surface area contributed by atoms with Crippen LogP contribution < -0.4 is 0 Å². The van der Waals surface area contributed by atoms with Gasteiger partial charge in [-0.1, -0.05) is 31.6 Å². The molecule has 10 heavy (non-hydrogen) atoms. The molecule has 0 aliphatic heterocycles. The number of allylic oxidation sites excluding steroid dienone is 3. The Hall–Kier alpha value is -0.520. The predicted octanol–water partition coefficient (Wildman–Crippen LogP) is 3.55. The molecule has 0 saturated heterocycles. The van der Waals surface area contributed by atoms with Gasteiger partial charge in [-0.25, -0.2) is 0 Å².